The third-order valence-electron chi connectivity index (χ3n) is 3.85. The van der Waals surface area contributed by atoms with Crippen molar-refractivity contribution in [3.8, 4) is 17.2 Å². The maximum Gasteiger partial charge on any atom is 0.338 e. The lowest BCUT2D eigenvalue weighted by Crippen LogP contribution is -2.28. The number of aryl methyl sites for hydroxylation is 1. The molecule has 0 radical (unpaired) electrons. The number of nitrogens with one attached hydrogen (secondary N) is 1. The maximum absolute atomic E-state index is 12.2. The quantitative estimate of drug-likeness (QED) is 0.716. The molecule has 27 heavy (non-hydrogen) atoms. The number of ether oxygens (including phenoxy) is 4. The molecule has 0 aliphatic heterocycles. The minimum absolute atomic E-state index is 0.191. The van der Waals surface area contributed by atoms with Crippen LogP contribution in [0.25, 0.3) is 0 Å². The molecule has 0 atom stereocenters. The first-order chi connectivity index (χ1) is 13.0. The fraction of sp³-hybridized carbons (Fsp3) is 0.300. The molecule has 0 bridgehead atoms. The number of carbonyl (C=O) groups is 2. The molecule has 2 rings (SSSR count). The van der Waals surface area contributed by atoms with Crippen LogP contribution < -0.4 is 19.5 Å². The molecule has 1 amide bonds. The van der Waals surface area contributed by atoms with Crippen molar-refractivity contribution in [1.29, 1.82) is 0 Å². The average molecular weight is 373 g/mol. The molecule has 7 nitrogen and oxygen atoms in total. The van der Waals surface area contributed by atoms with Crippen molar-refractivity contribution in [3.05, 3.63) is 53.1 Å². The van der Waals surface area contributed by atoms with Crippen molar-refractivity contribution < 1.29 is 28.5 Å². The fourth-order valence-corrected chi connectivity index (χ4v) is 2.37. The van der Waals surface area contributed by atoms with Crippen LogP contribution in [0.3, 0.4) is 0 Å². The van der Waals surface area contributed by atoms with Crippen molar-refractivity contribution in [1.82, 2.24) is 5.32 Å². The molecule has 2 aromatic rings. The summed E-state index contributed by atoms with van der Waals surface area (Å²) >= 11 is 0. The highest BCUT2D eigenvalue weighted by atomic mass is 16.5. The number of hydrogen-bond acceptors (Lipinski definition) is 6. The van der Waals surface area contributed by atoms with Crippen LogP contribution in [-0.4, -0.2) is 39.8 Å². The second kappa shape index (κ2) is 9.47. The average Bonchev–Trinajstić information content (AvgIpc) is 2.70. The Kier molecular flexibility index (Phi) is 7.05. The molecule has 1 N–H and O–H groups in total. The van der Waals surface area contributed by atoms with Gasteiger partial charge in [0.15, 0.2) is 18.1 Å². The zero-order valence-corrected chi connectivity index (χ0v) is 15.8. The van der Waals surface area contributed by atoms with Crippen molar-refractivity contribution in [2.45, 2.75) is 13.5 Å². The van der Waals surface area contributed by atoms with Crippen LogP contribution in [0.4, 0.5) is 0 Å². The third-order valence-corrected chi connectivity index (χ3v) is 3.85. The van der Waals surface area contributed by atoms with Crippen molar-refractivity contribution >= 4 is 11.9 Å². The summed E-state index contributed by atoms with van der Waals surface area (Å²) in [6.45, 7) is 1.97. The standard InChI is InChI=1S/C20H23NO6/c1-13-5-7-14(8-6-13)11-21-18(22)12-27-20(23)15-9-16(24-2)19(26-4)17(10-15)25-3/h5-10H,11-12H2,1-4H3,(H,21,22). The van der Waals surface area contributed by atoms with Crippen LogP contribution in [0.1, 0.15) is 21.5 Å². The number of rotatable bonds is 8. The summed E-state index contributed by atoms with van der Waals surface area (Å²) in [5.41, 5.74) is 2.30. The number of esters is 1. The molecule has 0 aromatic heterocycles. The largest absolute Gasteiger partial charge is 0.493 e. The molecule has 144 valence electrons. The van der Waals surface area contributed by atoms with Gasteiger partial charge in [-0.1, -0.05) is 29.8 Å². The molecule has 0 unspecified atom stereocenters. The van der Waals surface area contributed by atoms with Crippen molar-refractivity contribution in [2.24, 2.45) is 0 Å². The van der Waals surface area contributed by atoms with E-state index in [1.54, 1.807) is 0 Å². The monoisotopic (exact) mass is 373 g/mol. The van der Waals surface area contributed by atoms with Gasteiger partial charge >= 0.3 is 5.97 Å². The summed E-state index contributed by atoms with van der Waals surface area (Å²) in [6, 6.07) is 10.7. The molecule has 0 heterocycles. The van der Waals surface area contributed by atoms with E-state index in [0.29, 0.717) is 23.8 Å². The summed E-state index contributed by atoms with van der Waals surface area (Å²) in [5, 5.41) is 2.70. The predicted molar refractivity (Wildman–Crippen MR) is 99.4 cm³/mol. The SMILES string of the molecule is COc1cc(C(=O)OCC(=O)NCc2ccc(C)cc2)cc(OC)c1OC. The Bertz CT molecular complexity index is 776. The van der Waals surface area contributed by atoms with E-state index in [4.69, 9.17) is 18.9 Å². The van der Waals surface area contributed by atoms with Crippen molar-refractivity contribution in [2.75, 3.05) is 27.9 Å². The Hall–Kier alpha value is -3.22. The van der Waals surface area contributed by atoms with Gasteiger partial charge in [-0.3, -0.25) is 4.79 Å². The molecule has 2 aromatic carbocycles. The second-order valence-corrected chi connectivity index (χ2v) is 5.75. The summed E-state index contributed by atoms with van der Waals surface area (Å²) in [6.07, 6.45) is 0. The number of carbonyl (C=O) groups excluding carboxylic acids is 2. The highest BCUT2D eigenvalue weighted by molar-refractivity contribution is 5.92. The predicted octanol–water partition coefficient (Wildman–Crippen LogP) is 2.49. The lowest BCUT2D eigenvalue weighted by atomic mass is 10.1. The molecule has 0 saturated carbocycles. The third kappa shape index (κ3) is 5.37. The van der Waals surface area contributed by atoms with Gasteiger partial charge < -0.3 is 24.3 Å². The molecule has 0 fully saturated rings. The highest BCUT2D eigenvalue weighted by Crippen LogP contribution is 2.38. The van der Waals surface area contributed by atoms with Gasteiger partial charge in [-0.15, -0.1) is 0 Å². The first-order valence-corrected chi connectivity index (χ1v) is 8.27. The number of benzene rings is 2. The summed E-state index contributed by atoms with van der Waals surface area (Å²) in [5.74, 6) is -0.0382. The summed E-state index contributed by atoms with van der Waals surface area (Å²) < 4.78 is 20.7. The molecule has 0 saturated heterocycles. The van der Waals surface area contributed by atoms with E-state index in [1.165, 1.54) is 33.5 Å². The normalized spacial score (nSPS) is 10.1. The molecule has 7 heteroatoms. The summed E-state index contributed by atoms with van der Waals surface area (Å²) in [7, 11) is 4.37. The van der Waals surface area contributed by atoms with E-state index in [9.17, 15) is 9.59 Å². The Labute approximate surface area is 158 Å². The lowest BCUT2D eigenvalue weighted by Gasteiger charge is -2.13. The van der Waals surface area contributed by atoms with E-state index >= 15 is 0 Å². The van der Waals surface area contributed by atoms with Crippen LogP contribution in [0.5, 0.6) is 17.2 Å². The summed E-state index contributed by atoms with van der Waals surface area (Å²) in [4.78, 5) is 24.2. The van der Waals surface area contributed by atoms with Gasteiger partial charge in [0.25, 0.3) is 5.91 Å². The van der Waals surface area contributed by atoms with Crippen LogP contribution >= 0.6 is 0 Å². The topological polar surface area (TPSA) is 83.1 Å². The van der Waals surface area contributed by atoms with Crippen LogP contribution in [-0.2, 0) is 16.1 Å². The van der Waals surface area contributed by atoms with E-state index in [2.05, 4.69) is 5.32 Å². The first kappa shape index (κ1) is 20.1. The molecule has 0 aliphatic carbocycles. The Morgan fingerprint density at radius 2 is 1.52 bits per heavy atom. The van der Waals surface area contributed by atoms with Gasteiger partial charge in [0.1, 0.15) is 0 Å². The molecular formula is C20H23NO6. The van der Waals surface area contributed by atoms with Gasteiger partial charge in [0.2, 0.25) is 5.75 Å². The molecule has 0 aliphatic rings. The van der Waals surface area contributed by atoms with E-state index < -0.39 is 11.9 Å². The van der Waals surface area contributed by atoms with Gasteiger partial charge in [-0.05, 0) is 24.6 Å². The number of methoxy groups -OCH3 is 3. The van der Waals surface area contributed by atoms with Crippen molar-refractivity contribution in [3.63, 3.8) is 0 Å². The van der Waals surface area contributed by atoms with Crippen LogP contribution in [0, 0.1) is 6.92 Å². The Morgan fingerprint density at radius 3 is 2.04 bits per heavy atom. The van der Waals surface area contributed by atoms with Crippen LogP contribution in [0.2, 0.25) is 0 Å². The first-order valence-electron chi connectivity index (χ1n) is 8.27. The maximum atomic E-state index is 12.2. The van der Waals surface area contributed by atoms with E-state index in [0.717, 1.165) is 11.1 Å². The number of amides is 1. The minimum Gasteiger partial charge on any atom is -0.493 e. The van der Waals surface area contributed by atoms with E-state index in [-0.39, 0.29) is 12.2 Å². The second-order valence-electron chi connectivity index (χ2n) is 5.75. The van der Waals surface area contributed by atoms with E-state index in [1.807, 2.05) is 31.2 Å². The Morgan fingerprint density at radius 1 is 0.926 bits per heavy atom. The minimum atomic E-state index is -0.667. The zero-order chi connectivity index (χ0) is 19.8. The molecule has 0 spiro atoms. The van der Waals surface area contributed by atoms with Gasteiger partial charge in [-0.2, -0.15) is 0 Å². The van der Waals surface area contributed by atoms with Crippen LogP contribution in [0.15, 0.2) is 36.4 Å². The van der Waals surface area contributed by atoms with Gasteiger partial charge in [0, 0.05) is 6.54 Å². The highest BCUT2D eigenvalue weighted by Gasteiger charge is 2.18. The molecular weight excluding hydrogens is 350 g/mol. The van der Waals surface area contributed by atoms with Gasteiger partial charge in [0.05, 0.1) is 26.9 Å². The Balaban J connectivity index is 1.94. The lowest BCUT2D eigenvalue weighted by molar-refractivity contribution is -0.124. The van der Waals surface area contributed by atoms with Gasteiger partial charge in [-0.25, -0.2) is 4.79 Å². The smallest absolute Gasteiger partial charge is 0.338 e. The zero-order valence-electron chi connectivity index (χ0n) is 15.8. The fourth-order valence-electron chi connectivity index (χ4n) is 2.37. The number of hydrogen-bond donors (Lipinski definition) is 1.